The van der Waals surface area contributed by atoms with E-state index >= 15 is 0 Å². The lowest BCUT2D eigenvalue weighted by Crippen LogP contribution is -2.36. The molecule has 0 aliphatic rings. The summed E-state index contributed by atoms with van der Waals surface area (Å²) in [6, 6.07) is 0. The van der Waals surface area contributed by atoms with Crippen molar-refractivity contribution in [3.8, 4) is 0 Å². The van der Waals surface area contributed by atoms with Gasteiger partial charge in [-0.2, -0.15) is 0 Å². The van der Waals surface area contributed by atoms with Crippen molar-refractivity contribution in [1.29, 1.82) is 0 Å². The molecule has 0 amide bonds. The Bertz CT molecular complexity index is 160. The van der Waals surface area contributed by atoms with Gasteiger partial charge in [0.2, 0.25) is 0 Å². The van der Waals surface area contributed by atoms with Crippen LogP contribution in [0.2, 0.25) is 0 Å². The maximum absolute atomic E-state index is 5.17. The highest BCUT2D eigenvalue weighted by molar-refractivity contribution is 7.80. The van der Waals surface area contributed by atoms with E-state index in [9.17, 15) is 0 Å². The Morgan fingerprint density at radius 1 is 1.13 bits per heavy atom. The molecule has 0 fully saturated rings. The number of rotatable bonds is 8. The van der Waals surface area contributed by atoms with Gasteiger partial charge in [-0.05, 0) is 31.0 Å². The molecular formula is C12H26N2S. The van der Waals surface area contributed by atoms with Gasteiger partial charge in [0.05, 0.1) is 0 Å². The molecule has 0 aromatic heterocycles. The molecule has 0 spiro atoms. The van der Waals surface area contributed by atoms with Crippen molar-refractivity contribution in [1.82, 2.24) is 10.6 Å². The minimum Gasteiger partial charge on any atom is -0.363 e. The van der Waals surface area contributed by atoms with Gasteiger partial charge in [-0.1, -0.05) is 40.0 Å². The summed E-state index contributed by atoms with van der Waals surface area (Å²) in [4.78, 5) is 0. The average Bonchev–Trinajstić information content (AvgIpc) is 2.24. The lowest BCUT2D eigenvalue weighted by atomic mass is 10.1. The first kappa shape index (κ1) is 14.7. The quantitative estimate of drug-likeness (QED) is 0.495. The molecular weight excluding hydrogens is 204 g/mol. The fourth-order valence-electron chi connectivity index (χ4n) is 1.28. The van der Waals surface area contributed by atoms with Crippen molar-refractivity contribution in [2.75, 3.05) is 13.1 Å². The van der Waals surface area contributed by atoms with Gasteiger partial charge in [0, 0.05) is 13.1 Å². The third kappa shape index (κ3) is 9.98. The van der Waals surface area contributed by atoms with Gasteiger partial charge in [0.15, 0.2) is 5.11 Å². The van der Waals surface area contributed by atoms with E-state index in [2.05, 4.69) is 31.4 Å². The van der Waals surface area contributed by atoms with Gasteiger partial charge in [-0.3, -0.25) is 0 Å². The number of hydrogen-bond acceptors (Lipinski definition) is 1. The molecule has 1 atom stereocenters. The number of unbranched alkanes of at least 4 members (excludes halogenated alkanes) is 2. The predicted octanol–water partition coefficient (Wildman–Crippen LogP) is 3.08. The van der Waals surface area contributed by atoms with Crippen molar-refractivity contribution in [3.05, 3.63) is 0 Å². The van der Waals surface area contributed by atoms with Crippen LogP contribution in [0, 0.1) is 5.92 Å². The molecule has 0 radical (unpaired) electrons. The molecule has 2 N–H and O–H groups in total. The zero-order valence-electron chi connectivity index (χ0n) is 10.4. The first-order valence-electron chi connectivity index (χ1n) is 6.22. The molecule has 1 unspecified atom stereocenters. The highest BCUT2D eigenvalue weighted by atomic mass is 32.1. The van der Waals surface area contributed by atoms with Crippen LogP contribution >= 0.6 is 12.2 Å². The molecule has 0 heterocycles. The molecule has 15 heavy (non-hydrogen) atoms. The average molecular weight is 230 g/mol. The van der Waals surface area contributed by atoms with Crippen LogP contribution in [0.1, 0.15) is 52.9 Å². The van der Waals surface area contributed by atoms with Crippen LogP contribution in [0.5, 0.6) is 0 Å². The maximum Gasteiger partial charge on any atom is 0.166 e. The van der Waals surface area contributed by atoms with Crippen LogP contribution in [-0.4, -0.2) is 18.2 Å². The van der Waals surface area contributed by atoms with Crippen LogP contribution < -0.4 is 10.6 Å². The molecule has 2 nitrogen and oxygen atoms in total. The Morgan fingerprint density at radius 2 is 1.80 bits per heavy atom. The minimum atomic E-state index is 0.792. The number of hydrogen-bond donors (Lipinski definition) is 2. The van der Waals surface area contributed by atoms with Crippen molar-refractivity contribution in [2.45, 2.75) is 52.9 Å². The molecule has 0 aromatic carbocycles. The fraction of sp³-hybridized carbons (Fsp3) is 0.917. The Hall–Kier alpha value is -0.310. The molecule has 0 saturated carbocycles. The Balaban J connectivity index is 3.26. The van der Waals surface area contributed by atoms with Crippen molar-refractivity contribution in [3.63, 3.8) is 0 Å². The van der Waals surface area contributed by atoms with E-state index in [1.807, 2.05) is 0 Å². The first-order valence-corrected chi connectivity index (χ1v) is 6.63. The summed E-state index contributed by atoms with van der Waals surface area (Å²) in [6.45, 7) is 8.71. The van der Waals surface area contributed by atoms with Gasteiger partial charge in [-0.25, -0.2) is 0 Å². The molecule has 90 valence electrons. The summed E-state index contributed by atoms with van der Waals surface area (Å²) in [5.41, 5.74) is 0. The summed E-state index contributed by atoms with van der Waals surface area (Å²) >= 11 is 5.17. The molecule has 0 saturated heterocycles. The monoisotopic (exact) mass is 230 g/mol. The van der Waals surface area contributed by atoms with Crippen LogP contribution in [-0.2, 0) is 0 Å². The fourth-order valence-corrected chi connectivity index (χ4v) is 1.48. The van der Waals surface area contributed by atoms with E-state index in [-0.39, 0.29) is 0 Å². The first-order chi connectivity index (χ1) is 7.20. The lowest BCUT2D eigenvalue weighted by molar-refractivity contribution is 0.511. The number of thiocarbonyl (C=S) groups is 1. The molecule has 0 aliphatic carbocycles. The SMILES string of the molecule is CCCCCNC(=S)NCCC(C)CC. The van der Waals surface area contributed by atoms with Crippen LogP contribution in [0.3, 0.4) is 0 Å². The van der Waals surface area contributed by atoms with Crippen LogP contribution in [0.15, 0.2) is 0 Å². The van der Waals surface area contributed by atoms with Crippen molar-refractivity contribution >= 4 is 17.3 Å². The molecule has 0 rings (SSSR count). The Morgan fingerprint density at radius 3 is 2.40 bits per heavy atom. The van der Waals surface area contributed by atoms with Gasteiger partial charge in [0.1, 0.15) is 0 Å². The van der Waals surface area contributed by atoms with Crippen molar-refractivity contribution < 1.29 is 0 Å². The summed E-state index contributed by atoms with van der Waals surface area (Å²) in [7, 11) is 0. The standard InChI is InChI=1S/C12H26N2S/c1-4-6-7-9-13-12(15)14-10-8-11(3)5-2/h11H,4-10H2,1-3H3,(H2,13,14,15). The zero-order chi connectivity index (χ0) is 11.5. The van der Waals surface area contributed by atoms with Crippen molar-refractivity contribution in [2.24, 2.45) is 5.92 Å². The van der Waals surface area contributed by atoms with Gasteiger partial charge >= 0.3 is 0 Å². The minimum absolute atomic E-state index is 0.792. The molecule has 3 heteroatoms. The van der Waals surface area contributed by atoms with Gasteiger partial charge in [-0.15, -0.1) is 0 Å². The third-order valence-electron chi connectivity index (χ3n) is 2.69. The van der Waals surface area contributed by atoms with Gasteiger partial charge < -0.3 is 10.6 Å². The Kier molecular flexibility index (Phi) is 10.0. The summed E-state index contributed by atoms with van der Waals surface area (Å²) in [5.74, 6) is 0.792. The van der Waals surface area contributed by atoms with Crippen LogP contribution in [0.25, 0.3) is 0 Å². The van der Waals surface area contributed by atoms with E-state index < -0.39 is 0 Å². The summed E-state index contributed by atoms with van der Waals surface area (Å²) in [6.07, 6.45) is 6.20. The van der Waals surface area contributed by atoms with E-state index in [0.717, 1.165) is 24.1 Å². The highest BCUT2D eigenvalue weighted by Crippen LogP contribution is 2.03. The molecule has 0 bridgehead atoms. The molecule has 0 aromatic rings. The van der Waals surface area contributed by atoms with Crippen LogP contribution in [0.4, 0.5) is 0 Å². The number of nitrogens with one attached hydrogen (secondary N) is 2. The van der Waals surface area contributed by atoms with E-state index in [4.69, 9.17) is 12.2 Å². The second kappa shape index (κ2) is 10.2. The lowest BCUT2D eigenvalue weighted by Gasteiger charge is -2.12. The predicted molar refractivity (Wildman–Crippen MR) is 72.2 cm³/mol. The second-order valence-corrected chi connectivity index (χ2v) is 4.60. The second-order valence-electron chi connectivity index (χ2n) is 4.19. The van der Waals surface area contributed by atoms with E-state index in [0.29, 0.717) is 0 Å². The largest absolute Gasteiger partial charge is 0.363 e. The van der Waals surface area contributed by atoms with E-state index in [1.165, 1.54) is 32.1 Å². The topological polar surface area (TPSA) is 24.1 Å². The summed E-state index contributed by atoms with van der Waals surface area (Å²) < 4.78 is 0. The van der Waals surface area contributed by atoms with Gasteiger partial charge in [0.25, 0.3) is 0 Å². The van der Waals surface area contributed by atoms with E-state index in [1.54, 1.807) is 0 Å². The zero-order valence-corrected chi connectivity index (χ0v) is 11.3. The maximum atomic E-state index is 5.17. The smallest absolute Gasteiger partial charge is 0.166 e. The normalized spacial score (nSPS) is 12.2. The Labute approximate surface area is 100 Å². The highest BCUT2D eigenvalue weighted by Gasteiger charge is 1.99. The summed E-state index contributed by atoms with van der Waals surface area (Å²) in [5, 5.41) is 7.29. The molecule has 0 aliphatic heterocycles. The third-order valence-corrected chi connectivity index (χ3v) is 2.97.